The number of ether oxygens (including phenoxy) is 2. The van der Waals surface area contributed by atoms with Gasteiger partial charge in [-0.3, -0.25) is 14.9 Å². The Bertz CT molecular complexity index is 743. The van der Waals surface area contributed by atoms with Gasteiger partial charge in [-0.25, -0.2) is 0 Å². The number of benzene rings is 1. The van der Waals surface area contributed by atoms with Crippen molar-refractivity contribution in [3.8, 4) is 5.75 Å². The molecule has 0 unspecified atom stereocenters. The zero-order valence-electron chi connectivity index (χ0n) is 14.4. The van der Waals surface area contributed by atoms with Crippen molar-refractivity contribution in [1.29, 1.82) is 0 Å². The summed E-state index contributed by atoms with van der Waals surface area (Å²) in [5, 5.41) is 10.8. The normalized spacial score (nSPS) is 11.7. The molecule has 1 atom stereocenters. The molecule has 0 bridgehead atoms. The molecular formula is C16H19N3O4S2. The third kappa shape index (κ3) is 6.02. The summed E-state index contributed by atoms with van der Waals surface area (Å²) in [7, 11) is 1.33. The average Bonchev–Trinajstić information content (AvgIpc) is 2.98. The highest BCUT2D eigenvalue weighted by Crippen LogP contribution is 2.25. The smallest absolute Gasteiger partial charge is 0.316 e. The van der Waals surface area contributed by atoms with E-state index in [0.29, 0.717) is 15.2 Å². The largest absolute Gasteiger partial charge is 0.481 e. The van der Waals surface area contributed by atoms with Crippen LogP contribution in [0.2, 0.25) is 0 Å². The van der Waals surface area contributed by atoms with Crippen molar-refractivity contribution in [1.82, 2.24) is 10.2 Å². The van der Waals surface area contributed by atoms with Gasteiger partial charge in [0.05, 0.1) is 12.9 Å². The number of anilines is 1. The van der Waals surface area contributed by atoms with Gasteiger partial charge in [0.25, 0.3) is 5.91 Å². The van der Waals surface area contributed by atoms with Crippen molar-refractivity contribution in [2.75, 3.05) is 18.2 Å². The Morgan fingerprint density at radius 1 is 1.24 bits per heavy atom. The number of nitrogens with zero attached hydrogens (tertiary/aromatic N) is 2. The van der Waals surface area contributed by atoms with E-state index in [0.717, 1.165) is 11.1 Å². The van der Waals surface area contributed by atoms with Crippen molar-refractivity contribution >= 4 is 40.1 Å². The lowest BCUT2D eigenvalue weighted by Crippen LogP contribution is -2.30. The molecular weight excluding hydrogens is 362 g/mol. The molecule has 25 heavy (non-hydrogen) atoms. The lowest BCUT2D eigenvalue weighted by molar-refractivity contribution is -0.137. The van der Waals surface area contributed by atoms with Gasteiger partial charge in [0.2, 0.25) is 5.13 Å². The molecule has 9 heteroatoms. The second-order valence-electron chi connectivity index (χ2n) is 5.31. The van der Waals surface area contributed by atoms with Gasteiger partial charge >= 0.3 is 5.97 Å². The number of nitrogens with one attached hydrogen (secondary N) is 1. The summed E-state index contributed by atoms with van der Waals surface area (Å²) < 4.78 is 10.8. The van der Waals surface area contributed by atoms with Crippen LogP contribution in [0.1, 0.15) is 18.1 Å². The molecule has 0 spiro atoms. The average molecular weight is 381 g/mol. The maximum atomic E-state index is 12.2. The van der Waals surface area contributed by atoms with Crippen LogP contribution in [-0.4, -0.2) is 41.0 Å². The van der Waals surface area contributed by atoms with Gasteiger partial charge in [0.15, 0.2) is 10.4 Å². The molecule has 1 heterocycles. The topological polar surface area (TPSA) is 90.4 Å². The van der Waals surface area contributed by atoms with Crippen LogP contribution in [0.15, 0.2) is 22.5 Å². The van der Waals surface area contributed by atoms with E-state index in [9.17, 15) is 9.59 Å². The van der Waals surface area contributed by atoms with Gasteiger partial charge in [-0.1, -0.05) is 29.2 Å². The van der Waals surface area contributed by atoms with Crippen molar-refractivity contribution in [2.45, 2.75) is 31.2 Å². The van der Waals surface area contributed by atoms with Crippen LogP contribution in [0.4, 0.5) is 5.13 Å². The molecule has 0 saturated carbocycles. The Hall–Kier alpha value is -2.13. The lowest BCUT2D eigenvalue weighted by atomic mass is 10.1. The van der Waals surface area contributed by atoms with Crippen LogP contribution in [0.3, 0.4) is 0 Å². The van der Waals surface area contributed by atoms with Crippen molar-refractivity contribution < 1.29 is 19.1 Å². The van der Waals surface area contributed by atoms with E-state index >= 15 is 0 Å². The van der Waals surface area contributed by atoms with Gasteiger partial charge in [-0.05, 0) is 44.0 Å². The third-order valence-corrected chi connectivity index (χ3v) is 5.00. The second kappa shape index (κ2) is 8.82. The Kier molecular flexibility index (Phi) is 6.77. The molecule has 2 rings (SSSR count). The fraction of sp³-hybridized carbons (Fsp3) is 0.375. The number of rotatable bonds is 7. The number of amides is 1. The predicted octanol–water partition coefficient (Wildman–Crippen LogP) is 2.83. The monoisotopic (exact) mass is 381 g/mol. The molecule has 0 fully saturated rings. The fourth-order valence-corrected chi connectivity index (χ4v) is 3.55. The first-order chi connectivity index (χ1) is 11.9. The molecule has 0 saturated heterocycles. The molecule has 0 aliphatic rings. The number of aromatic nitrogens is 2. The summed E-state index contributed by atoms with van der Waals surface area (Å²) in [5.41, 5.74) is 2.14. The van der Waals surface area contributed by atoms with Crippen molar-refractivity contribution in [3.05, 3.63) is 29.3 Å². The molecule has 0 aliphatic heterocycles. The number of carbonyl (C=O) groups is 2. The Labute approximate surface area is 154 Å². The number of hydrogen-bond donors (Lipinski definition) is 1. The summed E-state index contributed by atoms with van der Waals surface area (Å²) in [4.78, 5) is 23.3. The molecule has 2 aromatic rings. The van der Waals surface area contributed by atoms with E-state index in [-0.39, 0.29) is 17.6 Å². The highest BCUT2D eigenvalue weighted by molar-refractivity contribution is 8.01. The highest BCUT2D eigenvalue weighted by Gasteiger charge is 2.17. The van der Waals surface area contributed by atoms with E-state index < -0.39 is 6.10 Å². The van der Waals surface area contributed by atoms with Crippen LogP contribution in [-0.2, 0) is 14.3 Å². The van der Waals surface area contributed by atoms with Gasteiger partial charge in [-0.15, -0.1) is 10.2 Å². The maximum Gasteiger partial charge on any atom is 0.316 e. The minimum atomic E-state index is -0.684. The molecule has 1 amide bonds. The molecule has 7 nitrogen and oxygen atoms in total. The number of hydrogen-bond acceptors (Lipinski definition) is 8. The standard InChI is InChI=1S/C16H19N3O4S2/c1-9-5-10(2)7-12(6-9)23-11(3)14(21)17-15-18-19-16(25-15)24-8-13(20)22-4/h5-7,11H,8H2,1-4H3,(H,17,18,21)/t11-/m0/s1. The Morgan fingerprint density at radius 3 is 2.56 bits per heavy atom. The third-order valence-electron chi connectivity index (χ3n) is 3.06. The highest BCUT2D eigenvalue weighted by atomic mass is 32.2. The Morgan fingerprint density at radius 2 is 1.92 bits per heavy atom. The van der Waals surface area contributed by atoms with E-state index in [4.69, 9.17) is 4.74 Å². The SMILES string of the molecule is COC(=O)CSc1nnc(NC(=O)[C@H](C)Oc2cc(C)cc(C)c2)s1. The summed E-state index contributed by atoms with van der Waals surface area (Å²) in [5.74, 6) is 0.124. The zero-order chi connectivity index (χ0) is 18.4. The summed E-state index contributed by atoms with van der Waals surface area (Å²) in [6.07, 6.45) is -0.684. The van der Waals surface area contributed by atoms with E-state index in [2.05, 4.69) is 20.3 Å². The zero-order valence-corrected chi connectivity index (χ0v) is 16.0. The van der Waals surface area contributed by atoms with Gasteiger partial charge < -0.3 is 9.47 Å². The summed E-state index contributed by atoms with van der Waals surface area (Å²) >= 11 is 2.39. The van der Waals surface area contributed by atoms with Gasteiger partial charge in [0.1, 0.15) is 5.75 Å². The fourth-order valence-electron chi connectivity index (χ4n) is 1.96. The molecule has 0 aliphatic carbocycles. The first-order valence-electron chi connectivity index (χ1n) is 7.46. The molecule has 134 valence electrons. The quantitative estimate of drug-likeness (QED) is 0.448. The number of aryl methyl sites for hydroxylation is 2. The van der Waals surface area contributed by atoms with Crippen LogP contribution in [0, 0.1) is 13.8 Å². The number of esters is 1. The van der Waals surface area contributed by atoms with Crippen LogP contribution < -0.4 is 10.1 Å². The minimum Gasteiger partial charge on any atom is -0.481 e. The van der Waals surface area contributed by atoms with Crippen LogP contribution >= 0.6 is 23.1 Å². The van der Waals surface area contributed by atoms with Crippen molar-refractivity contribution in [2.24, 2.45) is 0 Å². The van der Waals surface area contributed by atoms with E-state index in [1.54, 1.807) is 6.92 Å². The first-order valence-corrected chi connectivity index (χ1v) is 9.26. The lowest BCUT2D eigenvalue weighted by Gasteiger charge is -2.14. The summed E-state index contributed by atoms with van der Waals surface area (Å²) in [6.45, 7) is 5.61. The van der Waals surface area contributed by atoms with E-state index in [1.807, 2.05) is 32.0 Å². The van der Waals surface area contributed by atoms with Gasteiger partial charge in [0, 0.05) is 0 Å². The van der Waals surface area contributed by atoms with Crippen molar-refractivity contribution in [3.63, 3.8) is 0 Å². The molecule has 0 radical (unpaired) electrons. The Balaban J connectivity index is 1.90. The number of carbonyl (C=O) groups excluding carboxylic acids is 2. The first kappa shape index (κ1) is 19.2. The number of methoxy groups -OCH3 is 1. The minimum absolute atomic E-state index is 0.144. The summed E-state index contributed by atoms with van der Waals surface area (Å²) in [6, 6.07) is 5.79. The second-order valence-corrected chi connectivity index (χ2v) is 7.51. The molecule has 1 aromatic heterocycles. The predicted molar refractivity (Wildman–Crippen MR) is 97.3 cm³/mol. The van der Waals surface area contributed by atoms with Gasteiger partial charge in [-0.2, -0.15) is 0 Å². The van der Waals surface area contributed by atoms with Crippen LogP contribution in [0.25, 0.3) is 0 Å². The molecule has 1 N–H and O–H groups in total. The van der Waals surface area contributed by atoms with E-state index in [1.165, 1.54) is 30.2 Å². The van der Waals surface area contributed by atoms with Crippen LogP contribution in [0.5, 0.6) is 5.75 Å². The number of thioether (sulfide) groups is 1. The maximum absolute atomic E-state index is 12.2. The molecule has 1 aromatic carbocycles.